The number of anilines is 1. The van der Waals surface area contributed by atoms with Crippen molar-refractivity contribution in [3.63, 3.8) is 0 Å². The molecule has 0 unspecified atom stereocenters. The minimum absolute atomic E-state index is 0.163. The van der Waals surface area contributed by atoms with E-state index in [2.05, 4.69) is 52.9 Å². The topological polar surface area (TPSA) is 128 Å². The highest BCUT2D eigenvalue weighted by Gasteiger charge is 2.37. The number of nitrogens with one attached hydrogen (secondary N) is 1. The van der Waals surface area contributed by atoms with E-state index < -0.39 is 5.91 Å². The summed E-state index contributed by atoms with van der Waals surface area (Å²) < 4.78 is 6.99. The lowest BCUT2D eigenvalue weighted by molar-refractivity contribution is -0.127. The number of hydrogen-bond donors (Lipinski definition) is 2. The molecule has 38 heavy (non-hydrogen) atoms. The van der Waals surface area contributed by atoms with Gasteiger partial charge in [0, 0.05) is 31.7 Å². The van der Waals surface area contributed by atoms with Crippen LogP contribution in [0.25, 0.3) is 10.9 Å². The van der Waals surface area contributed by atoms with Gasteiger partial charge < -0.3 is 20.7 Å². The molecule has 11 heteroatoms. The van der Waals surface area contributed by atoms with Crippen molar-refractivity contribution in [2.75, 3.05) is 32.6 Å². The quantitative estimate of drug-likeness (QED) is 0.351. The zero-order chi connectivity index (χ0) is 27.6. The number of amides is 2. The van der Waals surface area contributed by atoms with Crippen molar-refractivity contribution >= 4 is 40.1 Å². The van der Waals surface area contributed by atoms with Gasteiger partial charge >= 0.3 is 0 Å². The summed E-state index contributed by atoms with van der Waals surface area (Å²) in [5.41, 5.74) is 8.35. The Labute approximate surface area is 226 Å². The van der Waals surface area contributed by atoms with Crippen molar-refractivity contribution in [2.45, 2.75) is 38.3 Å². The van der Waals surface area contributed by atoms with E-state index in [1.165, 1.54) is 6.08 Å². The van der Waals surface area contributed by atoms with Crippen molar-refractivity contribution in [3.8, 4) is 11.8 Å². The fourth-order valence-corrected chi connectivity index (χ4v) is 5.06. The van der Waals surface area contributed by atoms with Crippen LogP contribution >= 0.6 is 11.6 Å². The largest absolute Gasteiger partial charge is 0.383 e. The van der Waals surface area contributed by atoms with Crippen LogP contribution in [0, 0.1) is 11.8 Å². The van der Waals surface area contributed by atoms with Gasteiger partial charge in [0.2, 0.25) is 5.91 Å². The van der Waals surface area contributed by atoms with E-state index in [0.717, 1.165) is 10.9 Å². The molecule has 1 aliphatic heterocycles. The van der Waals surface area contributed by atoms with Crippen LogP contribution in [-0.2, 0) is 9.53 Å². The molecule has 2 aromatic heterocycles. The molecule has 0 bridgehead atoms. The molecule has 4 rings (SSSR count). The Balaban J connectivity index is 1.76. The molecule has 198 valence electrons. The van der Waals surface area contributed by atoms with Crippen molar-refractivity contribution in [1.82, 2.24) is 24.9 Å². The minimum atomic E-state index is -0.674. The number of nitrogens with zero attached hydrogens (tertiary/aromatic N) is 5. The van der Waals surface area contributed by atoms with E-state index >= 15 is 0 Å². The van der Waals surface area contributed by atoms with E-state index in [-0.39, 0.29) is 35.2 Å². The second kappa shape index (κ2) is 11.2. The highest BCUT2D eigenvalue weighted by atomic mass is 35.5. The van der Waals surface area contributed by atoms with E-state index in [9.17, 15) is 9.59 Å². The van der Waals surface area contributed by atoms with Gasteiger partial charge in [-0.15, -0.1) is 0 Å². The van der Waals surface area contributed by atoms with E-state index in [1.807, 2.05) is 6.07 Å². The molecular weight excluding hydrogens is 506 g/mol. The lowest BCUT2D eigenvalue weighted by Crippen LogP contribution is -2.37. The molecule has 0 radical (unpaired) electrons. The van der Waals surface area contributed by atoms with Gasteiger partial charge in [-0.1, -0.05) is 37.9 Å². The predicted octanol–water partition coefficient (Wildman–Crippen LogP) is 3.12. The molecule has 1 saturated heterocycles. The second-order valence-electron chi connectivity index (χ2n) is 9.38. The summed E-state index contributed by atoms with van der Waals surface area (Å²) >= 11 is 6.58. The molecule has 2 amide bonds. The van der Waals surface area contributed by atoms with Crippen molar-refractivity contribution in [1.29, 1.82) is 0 Å². The number of hydrogen-bond acceptors (Lipinski definition) is 7. The van der Waals surface area contributed by atoms with E-state index in [1.54, 1.807) is 36.0 Å². The van der Waals surface area contributed by atoms with Gasteiger partial charge in [0.05, 0.1) is 35.4 Å². The van der Waals surface area contributed by atoms with Gasteiger partial charge in [-0.3, -0.25) is 9.59 Å². The lowest BCUT2D eigenvalue weighted by atomic mass is 9.99. The highest BCUT2D eigenvalue weighted by molar-refractivity contribution is 6.32. The molecule has 1 fully saturated rings. The number of carbonyl (C=O) groups excluding carboxylic acids is 2. The van der Waals surface area contributed by atoms with Crippen LogP contribution in [0.4, 0.5) is 5.82 Å². The van der Waals surface area contributed by atoms with Gasteiger partial charge in [-0.05, 0) is 42.0 Å². The van der Waals surface area contributed by atoms with Gasteiger partial charge in [0.15, 0.2) is 5.69 Å². The Morgan fingerprint density at radius 3 is 2.76 bits per heavy atom. The van der Waals surface area contributed by atoms with Crippen LogP contribution < -0.4 is 11.1 Å². The SMILES string of the molecule is C=CC(=O)N1C[C@@H](n2nc(C#Cc3cc4nncc(C(C)C)c4cc3Cl)c(C(N)=O)c2NC)C[C@@H]1COC. The summed E-state index contributed by atoms with van der Waals surface area (Å²) in [5.74, 6) is 5.81. The minimum Gasteiger partial charge on any atom is -0.383 e. The van der Waals surface area contributed by atoms with Crippen molar-refractivity contribution < 1.29 is 14.3 Å². The number of rotatable bonds is 7. The standard InChI is InChI=1S/C27H30ClN7O3/c1-6-24(36)34-13-17(10-18(34)14-38-5)35-27(30-4)25(26(29)37)22(33-35)8-7-16-9-23-19(11-21(16)28)20(15(2)3)12-31-32-23/h6,9,11-12,15,17-18,30H,1,10,13-14H2,2-5H3,(H2,29,37)/t17-,18+/m0/s1. The highest BCUT2D eigenvalue weighted by Crippen LogP contribution is 2.33. The Morgan fingerprint density at radius 2 is 2.13 bits per heavy atom. The normalized spacial score (nSPS) is 16.9. The molecule has 0 aliphatic carbocycles. The summed E-state index contributed by atoms with van der Waals surface area (Å²) in [4.78, 5) is 26.6. The maximum Gasteiger partial charge on any atom is 0.255 e. The number of carbonyl (C=O) groups is 2. The fourth-order valence-electron chi connectivity index (χ4n) is 4.85. The van der Waals surface area contributed by atoms with Crippen LogP contribution in [0.15, 0.2) is 31.0 Å². The number of methoxy groups -OCH3 is 1. The van der Waals surface area contributed by atoms with Crippen LogP contribution in [0.2, 0.25) is 5.02 Å². The summed E-state index contributed by atoms with van der Waals surface area (Å²) in [6.45, 7) is 8.49. The summed E-state index contributed by atoms with van der Waals surface area (Å²) in [5, 5.41) is 17.4. The first kappa shape index (κ1) is 27.1. The first-order chi connectivity index (χ1) is 18.2. The van der Waals surface area contributed by atoms with Crippen molar-refractivity contribution in [3.05, 3.63) is 58.4 Å². The third-order valence-electron chi connectivity index (χ3n) is 6.64. The number of ether oxygens (including phenoxy) is 1. The molecule has 2 atom stereocenters. The predicted molar refractivity (Wildman–Crippen MR) is 146 cm³/mol. The van der Waals surface area contributed by atoms with E-state index in [4.69, 9.17) is 22.1 Å². The average Bonchev–Trinajstić information content (AvgIpc) is 3.48. The Hall–Kier alpha value is -3.94. The third-order valence-corrected chi connectivity index (χ3v) is 6.96. The fraction of sp³-hybridized carbons (Fsp3) is 0.370. The molecule has 3 heterocycles. The van der Waals surface area contributed by atoms with Gasteiger partial charge in [0.25, 0.3) is 5.91 Å². The first-order valence-electron chi connectivity index (χ1n) is 12.2. The number of likely N-dealkylation sites (tertiary alicyclic amines) is 1. The van der Waals surface area contributed by atoms with Crippen molar-refractivity contribution in [2.24, 2.45) is 5.73 Å². The number of primary amides is 1. The average molecular weight is 536 g/mol. The van der Waals surface area contributed by atoms with E-state index in [0.29, 0.717) is 41.5 Å². The number of aromatic nitrogens is 4. The summed E-state index contributed by atoms with van der Waals surface area (Å²) in [7, 11) is 3.26. The molecule has 1 aliphatic rings. The number of benzene rings is 1. The smallest absolute Gasteiger partial charge is 0.255 e. The zero-order valence-electron chi connectivity index (χ0n) is 21.8. The molecule has 1 aromatic carbocycles. The Bertz CT molecular complexity index is 1470. The summed E-state index contributed by atoms with van der Waals surface area (Å²) in [6, 6.07) is 3.21. The summed E-state index contributed by atoms with van der Waals surface area (Å²) in [6.07, 6.45) is 3.59. The Morgan fingerprint density at radius 1 is 1.37 bits per heavy atom. The Kier molecular flexibility index (Phi) is 7.99. The zero-order valence-corrected chi connectivity index (χ0v) is 22.5. The molecular formula is C27H30ClN7O3. The molecule has 3 N–H and O–H groups in total. The number of nitrogens with two attached hydrogens (primary N) is 1. The maximum absolute atomic E-state index is 12.5. The van der Waals surface area contributed by atoms with Crippen LogP contribution in [0.3, 0.4) is 0 Å². The molecule has 0 saturated carbocycles. The van der Waals surface area contributed by atoms with Gasteiger partial charge in [-0.2, -0.15) is 15.3 Å². The van der Waals surface area contributed by atoms with Crippen LogP contribution in [-0.4, -0.2) is 70.0 Å². The molecule has 10 nitrogen and oxygen atoms in total. The third kappa shape index (κ3) is 5.08. The van der Waals surface area contributed by atoms with Crippen LogP contribution in [0.5, 0.6) is 0 Å². The monoisotopic (exact) mass is 535 g/mol. The lowest BCUT2D eigenvalue weighted by Gasteiger charge is -2.22. The molecule has 3 aromatic rings. The van der Waals surface area contributed by atoms with Gasteiger partial charge in [0.1, 0.15) is 11.4 Å². The number of halogens is 1. The van der Waals surface area contributed by atoms with Crippen LogP contribution in [0.1, 0.15) is 59.4 Å². The van der Waals surface area contributed by atoms with Gasteiger partial charge in [-0.25, -0.2) is 4.68 Å². The second-order valence-corrected chi connectivity index (χ2v) is 9.79. The molecule has 0 spiro atoms. The first-order valence-corrected chi connectivity index (χ1v) is 12.6. The maximum atomic E-state index is 12.5. The number of fused-ring (bicyclic) bond motifs is 1.